The summed E-state index contributed by atoms with van der Waals surface area (Å²) in [4.78, 5) is 15.7. The molecule has 3 nitrogen and oxygen atoms in total. The molecule has 0 saturated heterocycles. The Morgan fingerprint density at radius 1 is 1.62 bits per heavy atom. The van der Waals surface area contributed by atoms with E-state index in [0.29, 0.717) is 12.1 Å². The molecule has 0 aromatic carbocycles. The molecule has 1 N–H and O–H groups in total. The minimum absolute atomic E-state index is 0.0110. The average molecular weight is 241 g/mol. The summed E-state index contributed by atoms with van der Waals surface area (Å²) in [6, 6.07) is 3.46. The first kappa shape index (κ1) is 13.0. The highest BCUT2D eigenvalue weighted by Crippen LogP contribution is 2.05. The van der Waals surface area contributed by atoms with Gasteiger partial charge in [-0.05, 0) is 25.5 Å². The molecular formula is C12H17ClN2O. The molecule has 0 fully saturated rings. The molecule has 1 aromatic heterocycles. The monoisotopic (exact) mass is 240 g/mol. The van der Waals surface area contributed by atoms with Crippen molar-refractivity contribution in [1.82, 2.24) is 10.3 Å². The summed E-state index contributed by atoms with van der Waals surface area (Å²) in [7, 11) is 0. The molecule has 16 heavy (non-hydrogen) atoms. The summed E-state index contributed by atoms with van der Waals surface area (Å²) < 4.78 is 0. The second-order valence-electron chi connectivity index (χ2n) is 3.78. The maximum Gasteiger partial charge on any atom is 0.251 e. The van der Waals surface area contributed by atoms with Crippen LogP contribution in [-0.2, 0) is 0 Å². The van der Waals surface area contributed by atoms with Crippen molar-refractivity contribution in [2.75, 3.05) is 6.54 Å². The number of carbonyl (C=O) groups excluding carboxylic acids is 1. The first-order valence-corrected chi connectivity index (χ1v) is 5.92. The number of halogens is 1. The van der Waals surface area contributed by atoms with Crippen LogP contribution in [0, 0.1) is 6.92 Å². The van der Waals surface area contributed by atoms with Crippen molar-refractivity contribution in [3.63, 3.8) is 0 Å². The number of hydrogen-bond acceptors (Lipinski definition) is 2. The fourth-order valence-electron chi connectivity index (χ4n) is 1.41. The van der Waals surface area contributed by atoms with Crippen molar-refractivity contribution in [3.05, 3.63) is 29.6 Å². The van der Waals surface area contributed by atoms with Gasteiger partial charge in [-0.2, -0.15) is 0 Å². The third-order valence-corrected chi connectivity index (χ3v) is 2.62. The van der Waals surface area contributed by atoms with Gasteiger partial charge in [0, 0.05) is 24.0 Å². The average Bonchev–Trinajstić information content (AvgIpc) is 2.26. The lowest BCUT2D eigenvalue weighted by atomic mass is 10.2. The maximum atomic E-state index is 11.7. The van der Waals surface area contributed by atoms with Gasteiger partial charge in [0.2, 0.25) is 0 Å². The van der Waals surface area contributed by atoms with Crippen LogP contribution in [0.4, 0.5) is 0 Å². The van der Waals surface area contributed by atoms with Crippen molar-refractivity contribution in [1.29, 1.82) is 0 Å². The summed E-state index contributed by atoms with van der Waals surface area (Å²) in [5.41, 5.74) is 1.47. The van der Waals surface area contributed by atoms with Crippen LogP contribution in [0.1, 0.15) is 35.8 Å². The zero-order valence-corrected chi connectivity index (χ0v) is 10.4. The Kier molecular flexibility index (Phi) is 5.26. The van der Waals surface area contributed by atoms with Crippen LogP contribution in [0.2, 0.25) is 0 Å². The number of nitrogens with zero attached hydrogens (tertiary/aromatic N) is 1. The molecule has 0 spiro atoms. The summed E-state index contributed by atoms with van der Waals surface area (Å²) in [6.07, 6.45) is 3.57. The molecule has 0 aliphatic heterocycles. The molecule has 88 valence electrons. The van der Waals surface area contributed by atoms with Gasteiger partial charge in [-0.25, -0.2) is 0 Å². The number of pyridine rings is 1. The Morgan fingerprint density at radius 2 is 2.38 bits per heavy atom. The van der Waals surface area contributed by atoms with Gasteiger partial charge >= 0.3 is 0 Å². The number of rotatable bonds is 5. The predicted octanol–water partition coefficient (Wildman–Crippen LogP) is 2.53. The number of aromatic nitrogens is 1. The second-order valence-corrected chi connectivity index (χ2v) is 4.40. The van der Waals surface area contributed by atoms with E-state index in [1.807, 2.05) is 6.92 Å². The van der Waals surface area contributed by atoms with E-state index < -0.39 is 0 Å². The lowest BCUT2D eigenvalue weighted by molar-refractivity contribution is 0.0953. The molecule has 4 heteroatoms. The molecule has 1 aromatic rings. The minimum Gasteiger partial charge on any atom is -0.351 e. The zero-order valence-electron chi connectivity index (χ0n) is 9.66. The van der Waals surface area contributed by atoms with E-state index in [9.17, 15) is 4.79 Å². The SMILES string of the molecule is CCCC(Cl)CNC(=O)c1ccnc(C)c1. The lowest BCUT2D eigenvalue weighted by Gasteiger charge is -2.09. The van der Waals surface area contributed by atoms with Gasteiger partial charge in [-0.1, -0.05) is 13.3 Å². The van der Waals surface area contributed by atoms with Crippen LogP contribution in [0.15, 0.2) is 18.3 Å². The van der Waals surface area contributed by atoms with Crippen molar-refractivity contribution < 1.29 is 4.79 Å². The Morgan fingerprint density at radius 3 is 3.00 bits per heavy atom. The third-order valence-electron chi connectivity index (χ3n) is 2.24. The summed E-state index contributed by atoms with van der Waals surface area (Å²) >= 11 is 6.02. The molecule has 1 amide bonds. The van der Waals surface area contributed by atoms with Crippen molar-refractivity contribution in [3.8, 4) is 0 Å². The maximum absolute atomic E-state index is 11.7. The highest BCUT2D eigenvalue weighted by molar-refractivity contribution is 6.20. The summed E-state index contributed by atoms with van der Waals surface area (Å²) in [5.74, 6) is -0.0905. The number of aryl methyl sites for hydroxylation is 1. The molecule has 1 rings (SSSR count). The number of alkyl halides is 1. The molecule has 1 atom stereocenters. The number of nitrogens with one attached hydrogen (secondary N) is 1. The Labute approximate surface area is 101 Å². The van der Waals surface area contributed by atoms with Crippen LogP contribution in [0.5, 0.6) is 0 Å². The first-order chi connectivity index (χ1) is 7.63. The second kappa shape index (κ2) is 6.48. The Hall–Kier alpha value is -1.09. The fraction of sp³-hybridized carbons (Fsp3) is 0.500. The molecular weight excluding hydrogens is 224 g/mol. The normalized spacial score (nSPS) is 12.2. The van der Waals surface area contributed by atoms with E-state index in [4.69, 9.17) is 11.6 Å². The minimum atomic E-state index is -0.0905. The van der Waals surface area contributed by atoms with Gasteiger partial charge in [0.25, 0.3) is 5.91 Å². The highest BCUT2D eigenvalue weighted by Gasteiger charge is 2.08. The van der Waals surface area contributed by atoms with E-state index in [1.54, 1.807) is 18.3 Å². The fourth-order valence-corrected chi connectivity index (χ4v) is 1.70. The third kappa shape index (κ3) is 4.19. The van der Waals surface area contributed by atoms with Crippen LogP contribution in [-0.4, -0.2) is 22.8 Å². The van der Waals surface area contributed by atoms with E-state index >= 15 is 0 Å². The molecule has 0 saturated carbocycles. The van der Waals surface area contributed by atoms with Gasteiger partial charge in [0.15, 0.2) is 0 Å². The Balaban J connectivity index is 2.47. The van der Waals surface area contributed by atoms with Crippen LogP contribution >= 0.6 is 11.6 Å². The Bertz CT molecular complexity index is 355. The van der Waals surface area contributed by atoms with E-state index in [-0.39, 0.29) is 11.3 Å². The largest absolute Gasteiger partial charge is 0.351 e. The highest BCUT2D eigenvalue weighted by atomic mass is 35.5. The summed E-state index contributed by atoms with van der Waals surface area (Å²) in [5, 5.41) is 2.82. The number of hydrogen-bond donors (Lipinski definition) is 1. The van der Waals surface area contributed by atoms with Crippen LogP contribution in [0.25, 0.3) is 0 Å². The molecule has 1 unspecified atom stereocenters. The molecule has 0 bridgehead atoms. The van der Waals surface area contributed by atoms with Crippen molar-refractivity contribution >= 4 is 17.5 Å². The molecule has 0 radical (unpaired) electrons. The van der Waals surface area contributed by atoms with Crippen LogP contribution in [0.3, 0.4) is 0 Å². The van der Waals surface area contributed by atoms with Crippen LogP contribution < -0.4 is 5.32 Å². The molecule has 0 aliphatic carbocycles. The quantitative estimate of drug-likeness (QED) is 0.804. The van der Waals surface area contributed by atoms with Gasteiger partial charge < -0.3 is 5.32 Å². The van der Waals surface area contributed by atoms with E-state index in [0.717, 1.165) is 18.5 Å². The molecule has 1 heterocycles. The van der Waals surface area contributed by atoms with Crippen molar-refractivity contribution in [2.24, 2.45) is 0 Å². The van der Waals surface area contributed by atoms with Gasteiger partial charge in [0.05, 0.1) is 5.38 Å². The predicted molar refractivity (Wildman–Crippen MR) is 65.9 cm³/mol. The first-order valence-electron chi connectivity index (χ1n) is 5.48. The lowest BCUT2D eigenvalue weighted by Crippen LogP contribution is -2.29. The van der Waals surface area contributed by atoms with Gasteiger partial charge in [-0.3, -0.25) is 9.78 Å². The zero-order chi connectivity index (χ0) is 12.0. The van der Waals surface area contributed by atoms with Gasteiger partial charge in [-0.15, -0.1) is 11.6 Å². The smallest absolute Gasteiger partial charge is 0.251 e. The number of carbonyl (C=O) groups is 1. The van der Waals surface area contributed by atoms with Gasteiger partial charge in [0.1, 0.15) is 0 Å². The topological polar surface area (TPSA) is 42.0 Å². The number of amides is 1. The van der Waals surface area contributed by atoms with E-state index in [2.05, 4.69) is 17.2 Å². The standard InChI is InChI=1S/C12H17ClN2O/c1-3-4-11(13)8-15-12(16)10-5-6-14-9(2)7-10/h5-7,11H,3-4,8H2,1-2H3,(H,15,16). The van der Waals surface area contributed by atoms with Crippen molar-refractivity contribution in [2.45, 2.75) is 32.1 Å². The van der Waals surface area contributed by atoms with E-state index in [1.165, 1.54) is 0 Å². The molecule has 0 aliphatic rings. The summed E-state index contributed by atoms with van der Waals surface area (Å²) in [6.45, 7) is 4.44.